The fraction of sp³-hybridized carbons (Fsp3) is 0.312. The maximum Gasteiger partial charge on any atom is 0.217 e. The Morgan fingerprint density at radius 3 is 2.76 bits per heavy atom. The third kappa shape index (κ3) is 4.10. The first-order valence-electron chi connectivity index (χ1n) is 6.82. The summed E-state index contributed by atoms with van der Waals surface area (Å²) in [5.74, 6) is 0.633. The molecular formula is C16H18Cl2N2O. The number of rotatable bonds is 6. The fourth-order valence-corrected chi connectivity index (χ4v) is 2.77. The highest BCUT2D eigenvalue weighted by molar-refractivity contribution is 6.35. The lowest BCUT2D eigenvalue weighted by Crippen LogP contribution is -2.23. The number of nitrogens with zero attached hydrogens (tertiary/aromatic N) is 1. The van der Waals surface area contributed by atoms with E-state index in [0.29, 0.717) is 15.9 Å². The fourth-order valence-electron chi connectivity index (χ4n) is 2.28. The molecule has 1 aromatic heterocycles. The molecule has 1 atom stereocenters. The van der Waals surface area contributed by atoms with Gasteiger partial charge in [0.1, 0.15) is 0 Å². The third-order valence-corrected chi connectivity index (χ3v) is 3.85. The summed E-state index contributed by atoms with van der Waals surface area (Å²) in [5, 5.41) is 4.77. The van der Waals surface area contributed by atoms with E-state index in [2.05, 4.69) is 17.2 Å². The summed E-state index contributed by atoms with van der Waals surface area (Å²) in [7, 11) is 1.63. The lowest BCUT2D eigenvalue weighted by molar-refractivity contribution is 0.382. The van der Waals surface area contributed by atoms with Crippen molar-refractivity contribution in [2.75, 3.05) is 13.7 Å². The molecule has 0 bridgehead atoms. The average Bonchev–Trinajstić information content (AvgIpc) is 2.49. The smallest absolute Gasteiger partial charge is 0.217 e. The van der Waals surface area contributed by atoms with Crippen LogP contribution in [-0.2, 0) is 6.42 Å². The zero-order chi connectivity index (χ0) is 15.2. The van der Waals surface area contributed by atoms with Crippen LogP contribution in [-0.4, -0.2) is 18.6 Å². The topological polar surface area (TPSA) is 34.2 Å². The van der Waals surface area contributed by atoms with Crippen molar-refractivity contribution in [1.82, 2.24) is 10.3 Å². The Kier molecular flexibility index (Phi) is 5.85. The van der Waals surface area contributed by atoms with Crippen LogP contribution in [0.15, 0.2) is 36.5 Å². The Bertz CT molecular complexity index is 605. The quantitative estimate of drug-likeness (QED) is 0.860. The molecule has 0 aliphatic rings. The van der Waals surface area contributed by atoms with Gasteiger partial charge in [0.2, 0.25) is 5.88 Å². The van der Waals surface area contributed by atoms with E-state index in [1.54, 1.807) is 19.4 Å². The highest BCUT2D eigenvalue weighted by Crippen LogP contribution is 2.29. The van der Waals surface area contributed by atoms with Gasteiger partial charge in [0.25, 0.3) is 0 Å². The minimum atomic E-state index is 0.0809. The lowest BCUT2D eigenvalue weighted by Gasteiger charge is -2.20. The average molecular weight is 325 g/mol. The number of aromatic nitrogens is 1. The van der Waals surface area contributed by atoms with E-state index in [-0.39, 0.29) is 6.04 Å². The molecule has 0 amide bonds. The first-order chi connectivity index (χ1) is 10.2. The summed E-state index contributed by atoms with van der Waals surface area (Å²) in [6.45, 7) is 2.91. The SMILES string of the molecule is CCNC(Cc1ccc(Cl)cc1Cl)c1cccnc1OC. The Morgan fingerprint density at radius 1 is 1.29 bits per heavy atom. The molecule has 0 saturated heterocycles. The first kappa shape index (κ1) is 16.1. The third-order valence-electron chi connectivity index (χ3n) is 3.26. The first-order valence-corrected chi connectivity index (χ1v) is 7.57. The molecule has 1 unspecified atom stereocenters. The van der Waals surface area contributed by atoms with E-state index in [0.717, 1.165) is 24.1 Å². The Balaban J connectivity index is 2.30. The van der Waals surface area contributed by atoms with E-state index < -0.39 is 0 Å². The van der Waals surface area contributed by atoms with Crippen LogP contribution in [0, 0.1) is 0 Å². The monoisotopic (exact) mass is 324 g/mol. The zero-order valence-corrected chi connectivity index (χ0v) is 13.6. The van der Waals surface area contributed by atoms with Gasteiger partial charge in [0.15, 0.2) is 0 Å². The minimum Gasteiger partial charge on any atom is -0.481 e. The molecule has 0 spiro atoms. The van der Waals surface area contributed by atoms with E-state index >= 15 is 0 Å². The Labute approximate surface area is 135 Å². The number of halogens is 2. The van der Waals surface area contributed by atoms with Gasteiger partial charge in [-0.3, -0.25) is 0 Å². The van der Waals surface area contributed by atoms with Crippen LogP contribution in [0.4, 0.5) is 0 Å². The summed E-state index contributed by atoms with van der Waals surface area (Å²) in [5.41, 5.74) is 2.06. The molecule has 2 rings (SSSR count). The molecule has 0 fully saturated rings. The maximum atomic E-state index is 6.28. The Hall–Kier alpha value is -1.29. The molecule has 5 heteroatoms. The van der Waals surface area contributed by atoms with E-state index in [1.807, 2.05) is 24.3 Å². The van der Waals surface area contributed by atoms with Gasteiger partial charge in [0.05, 0.1) is 7.11 Å². The zero-order valence-electron chi connectivity index (χ0n) is 12.1. The van der Waals surface area contributed by atoms with E-state index in [9.17, 15) is 0 Å². The van der Waals surface area contributed by atoms with Gasteiger partial charge in [-0.25, -0.2) is 4.98 Å². The van der Waals surface area contributed by atoms with Gasteiger partial charge >= 0.3 is 0 Å². The molecule has 1 aromatic carbocycles. The molecule has 1 N–H and O–H groups in total. The van der Waals surface area contributed by atoms with Crippen LogP contribution in [0.1, 0.15) is 24.1 Å². The normalized spacial score (nSPS) is 12.2. The van der Waals surface area contributed by atoms with Crippen molar-refractivity contribution < 1.29 is 4.74 Å². The molecule has 0 saturated carbocycles. The predicted octanol–water partition coefficient (Wildman–Crippen LogP) is 4.29. The largest absolute Gasteiger partial charge is 0.481 e. The lowest BCUT2D eigenvalue weighted by atomic mass is 9.99. The van der Waals surface area contributed by atoms with Crippen molar-refractivity contribution in [1.29, 1.82) is 0 Å². The molecule has 1 heterocycles. The van der Waals surface area contributed by atoms with Gasteiger partial charge < -0.3 is 10.1 Å². The number of methoxy groups -OCH3 is 1. The second-order valence-corrected chi connectivity index (χ2v) is 5.50. The van der Waals surface area contributed by atoms with Gasteiger partial charge in [0, 0.05) is 27.8 Å². The summed E-state index contributed by atoms with van der Waals surface area (Å²) in [4.78, 5) is 4.26. The second-order valence-electron chi connectivity index (χ2n) is 4.65. The molecule has 0 aliphatic carbocycles. The summed E-state index contributed by atoms with van der Waals surface area (Å²) < 4.78 is 5.35. The van der Waals surface area contributed by atoms with Gasteiger partial charge in [-0.1, -0.05) is 42.3 Å². The highest BCUT2D eigenvalue weighted by atomic mass is 35.5. The van der Waals surface area contributed by atoms with Gasteiger partial charge in [-0.2, -0.15) is 0 Å². The summed E-state index contributed by atoms with van der Waals surface area (Å²) in [6.07, 6.45) is 2.46. The maximum absolute atomic E-state index is 6.28. The van der Waals surface area contributed by atoms with E-state index in [4.69, 9.17) is 27.9 Å². The Morgan fingerprint density at radius 2 is 2.10 bits per heavy atom. The highest BCUT2D eigenvalue weighted by Gasteiger charge is 2.17. The van der Waals surface area contributed by atoms with Crippen molar-refractivity contribution in [3.05, 3.63) is 57.7 Å². The van der Waals surface area contributed by atoms with Crippen LogP contribution in [0.3, 0.4) is 0 Å². The molecule has 2 aromatic rings. The molecule has 112 valence electrons. The predicted molar refractivity (Wildman–Crippen MR) is 87.4 cm³/mol. The number of likely N-dealkylation sites (N-methyl/N-ethyl adjacent to an activating group) is 1. The van der Waals surface area contributed by atoms with Crippen molar-refractivity contribution >= 4 is 23.2 Å². The molecule has 3 nitrogen and oxygen atoms in total. The van der Waals surface area contributed by atoms with Gasteiger partial charge in [-0.05, 0) is 36.7 Å². The standard InChI is InChI=1S/C16H18Cl2N2O/c1-3-19-15(13-5-4-8-20-16(13)21-2)9-11-6-7-12(17)10-14(11)18/h4-8,10,15,19H,3,9H2,1-2H3. The number of hydrogen-bond acceptors (Lipinski definition) is 3. The molecule has 21 heavy (non-hydrogen) atoms. The van der Waals surface area contributed by atoms with Crippen LogP contribution >= 0.6 is 23.2 Å². The number of ether oxygens (including phenoxy) is 1. The van der Waals surface area contributed by atoms with Crippen molar-refractivity contribution in [2.24, 2.45) is 0 Å². The number of pyridine rings is 1. The molecular weight excluding hydrogens is 307 g/mol. The van der Waals surface area contributed by atoms with Crippen LogP contribution < -0.4 is 10.1 Å². The van der Waals surface area contributed by atoms with Crippen LogP contribution in [0.5, 0.6) is 5.88 Å². The minimum absolute atomic E-state index is 0.0809. The van der Waals surface area contributed by atoms with Crippen molar-refractivity contribution in [3.63, 3.8) is 0 Å². The molecule has 0 radical (unpaired) electrons. The number of hydrogen-bond donors (Lipinski definition) is 1. The summed E-state index contributed by atoms with van der Waals surface area (Å²) >= 11 is 12.2. The number of nitrogens with one attached hydrogen (secondary N) is 1. The van der Waals surface area contributed by atoms with Crippen molar-refractivity contribution in [3.8, 4) is 5.88 Å². The van der Waals surface area contributed by atoms with Crippen LogP contribution in [0.25, 0.3) is 0 Å². The second kappa shape index (κ2) is 7.64. The number of benzene rings is 1. The van der Waals surface area contributed by atoms with Crippen LogP contribution in [0.2, 0.25) is 10.0 Å². The van der Waals surface area contributed by atoms with Gasteiger partial charge in [-0.15, -0.1) is 0 Å². The summed E-state index contributed by atoms with van der Waals surface area (Å²) in [6, 6.07) is 9.58. The molecule has 0 aliphatic heterocycles. The van der Waals surface area contributed by atoms with Crippen molar-refractivity contribution in [2.45, 2.75) is 19.4 Å². The van der Waals surface area contributed by atoms with E-state index in [1.165, 1.54) is 0 Å².